The molecule has 0 radical (unpaired) electrons. The van der Waals surface area contributed by atoms with E-state index in [1.165, 1.54) is 0 Å². The van der Waals surface area contributed by atoms with Crippen LogP contribution in [0.5, 0.6) is 0 Å². The smallest absolute Gasteiger partial charge is 0.219 e. The topological polar surface area (TPSA) is 23.6 Å². The zero-order valence-electron chi connectivity index (χ0n) is 10.5. The Morgan fingerprint density at radius 1 is 1.40 bits per heavy atom. The summed E-state index contributed by atoms with van der Waals surface area (Å²) in [4.78, 5) is 15.9. The number of nitrogens with zero attached hydrogens (tertiary/aromatic N) is 2. The summed E-state index contributed by atoms with van der Waals surface area (Å²) in [7, 11) is 0. The van der Waals surface area contributed by atoms with E-state index in [-0.39, 0.29) is 5.91 Å². The van der Waals surface area contributed by atoms with Crippen molar-refractivity contribution in [1.82, 2.24) is 9.80 Å². The van der Waals surface area contributed by atoms with Gasteiger partial charge in [-0.2, -0.15) is 0 Å². The molecule has 0 bridgehead atoms. The van der Waals surface area contributed by atoms with Crippen molar-refractivity contribution in [3.63, 3.8) is 0 Å². The molecule has 1 aliphatic heterocycles. The second-order valence-electron chi connectivity index (χ2n) is 4.67. The van der Waals surface area contributed by atoms with Gasteiger partial charge in [0.15, 0.2) is 0 Å². The summed E-state index contributed by atoms with van der Waals surface area (Å²) in [6, 6.07) is 1.11. The standard InChI is InChI=1S/C12H24N2O/c1-5-14(11(4)15)12-6-8-13(9-7-12)10(2)3/h10,12H,5-9H2,1-4H3. The predicted octanol–water partition coefficient (Wildman–Crippen LogP) is 1.73. The fourth-order valence-corrected chi connectivity index (χ4v) is 2.45. The lowest BCUT2D eigenvalue weighted by Crippen LogP contribution is -2.48. The molecule has 1 heterocycles. The van der Waals surface area contributed by atoms with Gasteiger partial charge in [0.25, 0.3) is 0 Å². The molecule has 1 rings (SSSR count). The number of amides is 1. The monoisotopic (exact) mass is 212 g/mol. The highest BCUT2D eigenvalue weighted by atomic mass is 16.2. The molecular formula is C12H24N2O. The third-order valence-corrected chi connectivity index (χ3v) is 3.42. The van der Waals surface area contributed by atoms with Crippen LogP contribution in [0.2, 0.25) is 0 Å². The van der Waals surface area contributed by atoms with Gasteiger partial charge in [0.05, 0.1) is 0 Å². The van der Waals surface area contributed by atoms with Crippen LogP contribution in [0.25, 0.3) is 0 Å². The van der Waals surface area contributed by atoms with Crippen LogP contribution in [-0.2, 0) is 4.79 Å². The Hall–Kier alpha value is -0.570. The second kappa shape index (κ2) is 5.50. The summed E-state index contributed by atoms with van der Waals surface area (Å²) in [5.74, 6) is 0.223. The zero-order valence-corrected chi connectivity index (χ0v) is 10.5. The minimum Gasteiger partial charge on any atom is -0.340 e. The first-order chi connectivity index (χ1) is 7.06. The van der Waals surface area contributed by atoms with Crippen molar-refractivity contribution in [2.45, 2.75) is 52.6 Å². The molecule has 15 heavy (non-hydrogen) atoms. The van der Waals surface area contributed by atoms with Gasteiger partial charge in [-0.3, -0.25) is 4.79 Å². The highest BCUT2D eigenvalue weighted by molar-refractivity contribution is 5.73. The number of hydrogen-bond acceptors (Lipinski definition) is 2. The highest BCUT2D eigenvalue weighted by Crippen LogP contribution is 2.18. The molecule has 0 saturated carbocycles. The van der Waals surface area contributed by atoms with Crippen molar-refractivity contribution in [2.24, 2.45) is 0 Å². The van der Waals surface area contributed by atoms with Gasteiger partial charge in [-0.15, -0.1) is 0 Å². The third-order valence-electron chi connectivity index (χ3n) is 3.42. The Kier molecular flexibility index (Phi) is 4.58. The Balaban J connectivity index is 2.45. The quantitative estimate of drug-likeness (QED) is 0.711. The third kappa shape index (κ3) is 3.20. The van der Waals surface area contributed by atoms with E-state index in [1.54, 1.807) is 6.92 Å². The summed E-state index contributed by atoms with van der Waals surface area (Å²) in [5.41, 5.74) is 0. The van der Waals surface area contributed by atoms with Crippen molar-refractivity contribution in [3.05, 3.63) is 0 Å². The van der Waals surface area contributed by atoms with Crippen LogP contribution in [0.15, 0.2) is 0 Å². The van der Waals surface area contributed by atoms with Gasteiger partial charge in [0.2, 0.25) is 5.91 Å². The number of piperidine rings is 1. The fraction of sp³-hybridized carbons (Fsp3) is 0.917. The van der Waals surface area contributed by atoms with Gasteiger partial charge in [0.1, 0.15) is 0 Å². The maximum atomic E-state index is 11.4. The molecule has 0 aliphatic carbocycles. The largest absolute Gasteiger partial charge is 0.340 e. The average molecular weight is 212 g/mol. The first kappa shape index (κ1) is 12.5. The molecule has 3 nitrogen and oxygen atoms in total. The van der Waals surface area contributed by atoms with E-state index < -0.39 is 0 Å². The van der Waals surface area contributed by atoms with Crippen molar-refractivity contribution >= 4 is 5.91 Å². The lowest BCUT2D eigenvalue weighted by molar-refractivity contribution is -0.131. The lowest BCUT2D eigenvalue weighted by atomic mass is 10.0. The summed E-state index contributed by atoms with van der Waals surface area (Å²) in [6.45, 7) is 11.3. The summed E-state index contributed by atoms with van der Waals surface area (Å²) in [6.07, 6.45) is 2.26. The molecular weight excluding hydrogens is 188 g/mol. The van der Waals surface area contributed by atoms with Crippen molar-refractivity contribution in [3.8, 4) is 0 Å². The van der Waals surface area contributed by atoms with E-state index in [2.05, 4.69) is 25.7 Å². The van der Waals surface area contributed by atoms with E-state index in [1.807, 2.05) is 4.90 Å². The second-order valence-corrected chi connectivity index (χ2v) is 4.67. The molecule has 1 aliphatic rings. The molecule has 0 spiro atoms. The van der Waals surface area contributed by atoms with Gasteiger partial charge < -0.3 is 9.80 Å². The lowest BCUT2D eigenvalue weighted by Gasteiger charge is -2.39. The molecule has 0 aromatic heterocycles. The molecule has 1 fully saturated rings. The molecule has 0 aromatic carbocycles. The summed E-state index contributed by atoms with van der Waals surface area (Å²) >= 11 is 0. The molecule has 1 amide bonds. The van der Waals surface area contributed by atoms with Crippen LogP contribution >= 0.6 is 0 Å². The van der Waals surface area contributed by atoms with Crippen molar-refractivity contribution in [1.29, 1.82) is 0 Å². The van der Waals surface area contributed by atoms with E-state index in [0.29, 0.717) is 12.1 Å². The van der Waals surface area contributed by atoms with Gasteiger partial charge in [-0.05, 0) is 33.6 Å². The predicted molar refractivity (Wildman–Crippen MR) is 62.8 cm³/mol. The molecule has 88 valence electrons. The van der Waals surface area contributed by atoms with Gasteiger partial charge >= 0.3 is 0 Å². The van der Waals surface area contributed by atoms with Crippen molar-refractivity contribution < 1.29 is 4.79 Å². The number of rotatable bonds is 3. The number of hydrogen-bond donors (Lipinski definition) is 0. The number of carbonyl (C=O) groups excluding carboxylic acids is 1. The average Bonchev–Trinajstić information content (AvgIpc) is 2.19. The summed E-state index contributed by atoms with van der Waals surface area (Å²) in [5, 5.41) is 0. The van der Waals surface area contributed by atoms with Crippen LogP contribution in [0, 0.1) is 0 Å². The fourth-order valence-electron chi connectivity index (χ4n) is 2.45. The Bertz CT molecular complexity index is 208. The number of likely N-dealkylation sites (tertiary alicyclic amines) is 1. The van der Waals surface area contributed by atoms with Crippen LogP contribution in [0.1, 0.15) is 40.5 Å². The molecule has 3 heteroatoms. The minimum absolute atomic E-state index is 0.223. The van der Waals surface area contributed by atoms with Gasteiger partial charge in [0, 0.05) is 38.6 Å². The highest BCUT2D eigenvalue weighted by Gasteiger charge is 2.25. The molecule has 0 unspecified atom stereocenters. The molecule has 0 atom stereocenters. The summed E-state index contributed by atoms with van der Waals surface area (Å²) < 4.78 is 0. The molecule has 0 N–H and O–H groups in total. The number of carbonyl (C=O) groups is 1. The SMILES string of the molecule is CCN(C(C)=O)C1CCN(C(C)C)CC1. The normalized spacial score (nSPS) is 19.5. The maximum Gasteiger partial charge on any atom is 0.219 e. The molecule has 1 saturated heterocycles. The first-order valence-electron chi connectivity index (χ1n) is 6.07. The van der Waals surface area contributed by atoms with Gasteiger partial charge in [-0.1, -0.05) is 0 Å². The van der Waals surface area contributed by atoms with Crippen LogP contribution in [-0.4, -0.2) is 47.4 Å². The Morgan fingerprint density at radius 2 is 1.93 bits per heavy atom. The van der Waals surface area contributed by atoms with Crippen LogP contribution in [0.3, 0.4) is 0 Å². The molecule has 0 aromatic rings. The Morgan fingerprint density at radius 3 is 2.27 bits per heavy atom. The van der Waals surface area contributed by atoms with Crippen molar-refractivity contribution in [2.75, 3.05) is 19.6 Å². The maximum absolute atomic E-state index is 11.4. The van der Waals surface area contributed by atoms with E-state index in [9.17, 15) is 4.79 Å². The first-order valence-corrected chi connectivity index (χ1v) is 6.07. The minimum atomic E-state index is 0.223. The van der Waals surface area contributed by atoms with Crippen LogP contribution in [0.4, 0.5) is 0 Å². The van der Waals surface area contributed by atoms with E-state index >= 15 is 0 Å². The van der Waals surface area contributed by atoms with Gasteiger partial charge in [-0.25, -0.2) is 0 Å². The van der Waals surface area contributed by atoms with Crippen LogP contribution < -0.4 is 0 Å². The van der Waals surface area contributed by atoms with E-state index in [0.717, 1.165) is 32.5 Å². The Labute approximate surface area is 93.4 Å². The zero-order chi connectivity index (χ0) is 11.4. The van der Waals surface area contributed by atoms with E-state index in [4.69, 9.17) is 0 Å².